The van der Waals surface area contributed by atoms with Gasteiger partial charge in [-0.1, -0.05) is 0 Å². The Morgan fingerprint density at radius 2 is 1.69 bits per heavy atom. The molecule has 1 atom stereocenters. The number of piperidine rings is 1. The van der Waals surface area contributed by atoms with E-state index in [2.05, 4.69) is 5.32 Å². The SMILES string of the molecule is CCOC(=O)C1CCCN(C(=O)C(=O)NC23CC4CC(CC(C4)C2)C3)C1. The first-order chi connectivity index (χ1) is 12.5. The largest absolute Gasteiger partial charge is 0.466 e. The summed E-state index contributed by atoms with van der Waals surface area (Å²) in [6.45, 7) is 2.97. The molecule has 1 saturated heterocycles. The first-order valence-electron chi connectivity index (χ1n) is 10.3. The molecule has 0 spiro atoms. The van der Waals surface area contributed by atoms with E-state index >= 15 is 0 Å². The maximum atomic E-state index is 12.7. The van der Waals surface area contributed by atoms with Crippen LogP contribution in [0, 0.1) is 23.7 Å². The molecule has 6 heteroatoms. The van der Waals surface area contributed by atoms with Gasteiger partial charge in [0.25, 0.3) is 0 Å². The van der Waals surface area contributed by atoms with Crippen molar-refractivity contribution in [3.63, 3.8) is 0 Å². The molecule has 4 aliphatic carbocycles. The van der Waals surface area contributed by atoms with Crippen LogP contribution in [0.4, 0.5) is 0 Å². The molecule has 0 aromatic rings. The van der Waals surface area contributed by atoms with Gasteiger partial charge in [0.05, 0.1) is 12.5 Å². The second kappa shape index (κ2) is 6.86. The van der Waals surface area contributed by atoms with E-state index in [1.165, 1.54) is 19.3 Å². The summed E-state index contributed by atoms with van der Waals surface area (Å²) in [4.78, 5) is 38.9. The van der Waals surface area contributed by atoms with E-state index in [1.807, 2.05) is 0 Å². The Morgan fingerprint density at radius 1 is 1.08 bits per heavy atom. The van der Waals surface area contributed by atoms with Crippen LogP contribution >= 0.6 is 0 Å². The zero-order valence-electron chi connectivity index (χ0n) is 15.7. The number of likely N-dealkylation sites (tertiary alicyclic amines) is 1. The number of amides is 2. The van der Waals surface area contributed by atoms with Gasteiger partial charge in [0.1, 0.15) is 0 Å². The van der Waals surface area contributed by atoms with Gasteiger partial charge < -0.3 is 15.0 Å². The maximum Gasteiger partial charge on any atom is 0.311 e. The molecule has 5 fully saturated rings. The van der Waals surface area contributed by atoms with Crippen molar-refractivity contribution < 1.29 is 19.1 Å². The first kappa shape index (κ1) is 17.8. The van der Waals surface area contributed by atoms with Gasteiger partial charge in [0, 0.05) is 18.6 Å². The van der Waals surface area contributed by atoms with Crippen molar-refractivity contribution >= 4 is 17.8 Å². The number of carbonyl (C=O) groups is 3. The number of esters is 1. The summed E-state index contributed by atoms with van der Waals surface area (Å²) in [7, 11) is 0. The monoisotopic (exact) mass is 362 g/mol. The average Bonchev–Trinajstić information content (AvgIpc) is 2.59. The number of hydrogen-bond donors (Lipinski definition) is 1. The average molecular weight is 362 g/mol. The number of nitrogens with zero attached hydrogens (tertiary/aromatic N) is 1. The van der Waals surface area contributed by atoms with E-state index in [0.717, 1.165) is 49.9 Å². The number of carbonyl (C=O) groups excluding carboxylic acids is 3. The molecule has 26 heavy (non-hydrogen) atoms. The van der Waals surface area contributed by atoms with Gasteiger partial charge in [-0.15, -0.1) is 0 Å². The number of hydrogen-bond acceptors (Lipinski definition) is 4. The molecule has 1 unspecified atom stereocenters. The Bertz CT molecular complexity index is 567. The summed E-state index contributed by atoms with van der Waals surface area (Å²) in [5.41, 5.74) is -0.155. The van der Waals surface area contributed by atoms with Crippen LogP contribution in [0.25, 0.3) is 0 Å². The highest BCUT2D eigenvalue weighted by atomic mass is 16.5. The minimum Gasteiger partial charge on any atom is -0.466 e. The molecule has 2 amide bonds. The van der Waals surface area contributed by atoms with Crippen LogP contribution < -0.4 is 5.32 Å². The third-order valence-electron chi connectivity index (χ3n) is 6.94. The minimum absolute atomic E-state index is 0.155. The van der Waals surface area contributed by atoms with Crippen molar-refractivity contribution in [2.24, 2.45) is 23.7 Å². The van der Waals surface area contributed by atoms with Crippen LogP contribution in [0.1, 0.15) is 58.3 Å². The Balaban J connectivity index is 1.37. The van der Waals surface area contributed by atoms with Gasteiger partial charge >= 0.3 is 17.8 Å². The smallest absolute Gasteiger partial charge is 0.311 e. The minimum atomic E-state index is -0.477. The fourth-order valence-corrected chi connectivity index (χ4v) is 6.32. The van der Waals surface area contributed by atoms with E-state index in [4.69, 9.17) is 4.74 Å². The lowest BCUT2D eigenvalue weighted by molar-refractivity contribution is -0.155. The highest BCUT2D eigenvalue weighted by molar-refractivity contribution is 6.35. The van der Waals surface area contributed by atoms with Gasteiger partial charge in [-0.2, -0.15) is 0 Å². The molecule has 5 rings (SSSR count). The summed E-state index contributed by atoms with van der Waals surface area (Å²) in [5.74, 6) is 0.650. The standard InChI is InChI=1S/C20H30N2O4/c1-2-26-19(25)16-4-3-5-22(12-16)18(24)17(23)21-20-9-13-6-14(10-20)8-15(7-13)11-20/h13-16H,2-12H2,1H3,(H,21,23). The second-order valence-electron chi connectivity index (χ2n) is 8.99. The molecule has 6 nitrogen and oxygen atoms in total. The Hall–Kier alpha value is -1.59. The summed E-state index contributed by atoms with van der Waals surface area (Å²) < 4.78 is 5.08. The quantitative estimate of drug-likeness (QED) is 0.614. The predicted molar refractivity (Wildman–Crippen MR) is 95.0 cm³/mol. The van der Waals surface area contributed by atoms with Crippen LogP contribution in [0.15, 0.2) is 0 Å². The molecule has 4 saturated carbocycles. The molecule has 4 bridgehead atoms. The summed E-state index contributed by atoms with van der Waals surface area (Å²) in [6, 6.07) is 0. The van der Waals surface area contributed by atoms with Crippen molar-refractivity contribution in [3.8, 4) is 0 Å². The molecule has 144 valence electrons. The summed E-state index contributed by atoms with van der Waals surface area (Å²) >= 11 is 0. The van der Waals surface area contributed by atoms with Gasteiger partial charge in [-0.3, -0.25) is 14.4 Å². The molecule has 0 aromatic carbocycles. The molecular formula is C20H30N2O4. The van der Waals surface area contributed by atoms with Gasteiger partial charge in [0.2, 0.25) is 0 Å². The fourth-order valence-electron chi connectivity index (χ4n) is 6.32. The van der Waals surface area contributed by atoms with Gasteiger partial charge in [0.15, 0.2) is 0 Å². The van der Waals surface area contributed by atoms with Crippen molar-refractivity contribution in [1.82, 2.24) is 10.2 Å². The van der Waals surface area contributed by atoms with Crippen LogP contribution in [0.3, 0.4) is 0 Å². The Kier molecular flexibility index (Phi) is 4.70. The predicted octanol–water partition coefficient (Wildman–Crippen LogP) is 1.87. The lowest BCUT2D eigenvalue weighted by Crippen LogP contribution is -2.62. The number of nitrogens with one attached hydrogen (secondary N) is 1. The van der Waals surface area contributed by atoms with Crippen LogP contribution in [0.2, 0.25) is 0 Å². The van der Waals surface area contributed by atoms with E-state index in [1.54, 1.807) is 11.8 Å². The highest BCUT2D eigenvalue weighted by Crippen LogP contribution is 2.55. The van der Waals surface area contributed by atoms with Gasteiger partial charge in [-0.25, -0.2) is 0 Å². The van der Waals surface area contributed by atoms with Gasteiger partial charge in [-0.05, 0) is 76.0 Å². The third-order valence-corrected chi connectivity index (χ3v) is 6.94. The molecule has 1 N–H and O–H groups in total. The molecular weight excluding hydrogens is 332 g/mol. The molecule has 0 radical (unpaired) electrons. The van der Waals surface area contributed by atoms with E-state index < -0.39 is 11.8 Å². The molecule has 0 aromatic heterocycles. The Labute approximate surface area is 155 Å². The first-order valence-corrected chi connectivity index (χ1v) is 10.3. The maximum absolute atomic E-state index is 12.7. The highest BCUT2D eigenvalue weighted by Gasteiger charge is 2.52. The second-order valence-corrected chi connectivity index (χ2v) is 8.99. The van der Waals surface area contributed by atoms with Crippen molar-refractivity contribution in [2.75, 3.05) is 19.7 Å². The number of rotatable bonds is 3. The zero-order chi connectivity index (χ0) is 18.3. The summed E-state index contributed by atoms with van der Waals surface area (Å²) in [6.07, 6.45) is 8.46. The van der Waals surface area contributed by atoms with E-state index in [9.17, 15) is 14.4 Å². The van der Waals surface area contributed by atoms with E-state index in [0.29, 0.717) is 19.7 Å². The van der Waals surface area contributed by atoms with Crippen LogP contribution in [0.5, 0.6) is 0 Å². The molecule has 1 heterocycles. The third kappa shape index (κ3) is 3.35. The molecule has 5 aliphatic rings. The normalized spacial score (nSPS) is 38.1. The Morgan fingerprint density at radius 3 is 2.27 bits per heavy atom. The van der Waals surface area contributed by atoms with Crippen molar-refractivity contribution in [1.29, 1.82) is 0 Å². The number of ether oxygens (including phenoxy) is 1. The van der Waals surface area contributed by atoms with Crippen LogP contribution in [-0.2, 0) is 19.1 Å². The van der Waals surface area contributed by atoms with Crippen molar-refractivity contribution in [2.45, 2.75) is 63.8 Å². The van der Waals surface area contributed by atoms with Crippen LogP contribution in [-0.4, -0.2) is 47.9 Å². The zero-order valence-corrected chi connectivity index (χ0v) is 15.7. The fraction of sp³-hybridized carbons (Fsp3) is 0.850. The summed E-state index contributed by atoms with van der Waals surface area (Å²) in [5, 5.41) is 3.14. The topological polar surface area (TPSA) is 75.7 Å². The lowest BCUT2D eigenvalue weighted by atomic mass is 9.53. The van der Waals surface area contributed by atoms with Crippen molar-refractivity contribution in [3.05, 3.63) is 0 Å². The molecule has 1 aliphatic heterocycles. The lowest BCUT2D eigenvalue weighted by Gasteiger charge is -2.56. The van der Waals surface area contributed by atoms with E-state index in [-0.39, 0.29) is 17.4 Å².